The molecule has 3 heteroatoms. The first kappa shape index (κ1) is 16.5. The first-order chi connectivity index (χ1) is 8.24. The Labute approximate surface area is 121 Å². The lowest BCUT2D eigenvalue weighted by molar-refractivity contribution is 0.482. The van der Waals surface area contributed by atoms with Crippen LogP contribution in [0, 0.1) is 0 Å². The predicted molar refractivity (Wildman–Crippen MR) is 92.8 cm³/mol. The van der Waals surface area contributed by atoms with Gasteiger partial charge in [0.25, 0.3) is 0 Å². The lowest BCUT2D eigenvalue weighted by Crippen LogP contribution is -2.46. The van der Waals surface area contributed by atoms with Crippen molar-refractivity contribution in [3.05, 3.63) is 17.7 Å². The van der Waals surface area contributed by atoms with Crippen LogP contribution in [-0.2, 0) is 5.41 Å². The van der Waals surface area contributed by atoms with Crippen LogP contribution < -0.4 is 10.4 Å². The lowest BCUT2D eigenvalue weighted by Gasteiger charge is -2.30. The van der Waals surface area contributed by atoms with Crippen molar-refractivity contribution in [1.82, 2.24) is 0 Å². The zero-order valence-electron chi connectivity index (χ0n) is 14.1. The fraction of sp³-hybridized carbons (Fsp3) is 0.625. The van der Waals surface area contributed by atoms with Crippen molar-refractivity contribution in [2.45, 2.75) is 65.5 Å². The maximum Gasteiger partial charge on any atom is 0.114 e. The largest absolute Gasteiger partial charge is 0.508 e. The molecule has 0 aromatic heterocycles. The summed E-state index contributed by atoms with van der Waals surface area (Å²) >= 11 is 0. The topological polar surface area (TPSA) is 20.2 Å². The smallest absolute Gasteiger partial charge is 0.114 e. The highest BCUT2D eigenvalue weighted by Crippen LogP contribution is 2.25. The fourth-order valence-electron chi connectivity index (χ4n) is 2.21. The minimum Gasteiger partial charge on any atom is -0.508 e. The molecule has 1 aromatic carbocycles. The molecule has 1 nitrogen and oxygen atoms in total. The molecule has 0 radical (unpaired) electrons. The van der Waals surface area contributed by atoms with Crippen molar-refractivity contribution in [2.75, 3.05) is 0 Å². The Hall–Kier alpha value is -0.546. The molecule has 0 spiro atoms. The van der Waals surface area contributed by atoms with Crippen LogP contribution in [0.5, 0.6) is 5.75 Å². The van der Waals surface area contributed by atoms with E-state index in [4.69, 9.17) is 0 Å². The molecule has 0 aliphatic carbocycles. The van der Waals surface area contributed by atoms with E-state index < -0.39 is 16.1 Å². The molecular formula is C16H30OSi2. The molecule has 0 unspecified atom stereocenters. The van der Waals surface area contributed by atoms with Gasteiger partial charge >= 0.3 is 0 Å². The Kier molecular flexibility index (Phi) is 4.15. The van der Waals surface area contributed by atoms with Gasteiger partial charge in [0.2, 0.25) is 0 Å². The van der Waals surface area contributed by atoms with Crippen LogP contribution in [0.15, 0.2) is 12.1 Å². The van der Waals surface area contributed by atoms with Crippen LogP contribution in [0.25, 0.3) is 0 Å². The van der Waals surface area contributed by atoms with E-state index in [1.807, 2.05) is 0 Å². The van der Waals surface area contributed by atoms with Gasteiger partial charge in [0.15, 0.2) is 0 Å². The van der Waals surface area contributed by atoms with Crippen LogP contribution >= 0.6 is 0 Å². The number of benzene rings is 1. The third-order valence-corrected chi connectivity index (χ3v) is 7.59. The molecule has 0 aliphatic heterocycles. The summed E-state index contributed by atoms with van der Waals surface area (Å²) in [5.41, 5.74) is 1.50. The molecule has 0 heterocycles. The number of aromatic hydroxyl groups is 1. The molecule has 0 saturated carbocycles. The van der Waals surface area contributed by atoms with E-state index in [-0.39, 0.29) is 5.41 Å². The molecule has 19 heavy (non-hydrogen) atoms. The highest BCUT2D eigenvalue weighted by atomic mass is 28.3. The predicted octanol–water partition coefficient (Wildman–Crippen LogP) is 3.78. The summed E-state index contributed by atoms with van der Waals surface area (Å²) in [4.78, 5) is 0. The average molecular weight is 295 g/mol. The second-order valence-corrected chi connectivity index (χ2v) is 18.7. The van der Waals surface area contributed by atoms with E-state index in [2.05, 4.69) is 72.2 Å². The Morgan fingerprint density at radius 2 is 1.11 bits per heavy atom. The molecule has 0 bridgehead atoms. The van der Waals surface area contributed by atoms with E-state index in [9.17, 15) is 5.11 Å². The number of phenols is 1. The zero-order chi connectivity index (χ0) is 15.2. The maximum atomic E-state index is 10.7. The Balaban J connectivity index is 3.68. The molecule has 1 aromatic rings. The van der Waals surface area contributed by atoms with Crippen LogP contribution in [0.2, 0.25) is 39.3 Å². The molecule has 1 N–H and O–H groups in total. The summed E-state index contributed by atoms with van der Waals surface area (Å²) in [6.45, 7) is 20.6. The SMILES string of the molecule is CC(C)(C)c1cc([Si](C)(C)C)c(O)c([Si](C)(C)C)c1. The van der Waals surface area contributed by atoms with Gasteiger partial charge in [-0.05, 0) is 21.4 Å². The van der Waals surface area contributed by atoms with Gasteiger partial charge in [0.05, 0.1) is 16.1 Å². The van der Waals surface area contributed by atoms with Crippen molar-refractivity contribution >= 4 is 26.5 Å². The maximum absolute atomic E-state index is 10.7. The number of hydrogen-bond acceptors (Lipinski definition) is 1. The second kappa shape index (κ2) is 4.78. The summed E-state index contributed by atoms with van der Waals surface area (Å²) < 4.78 is 0. The van der Waals surface area contributed by atoms with Gasteiger partial charge in [-0.1, -0.05) is 72.2 Å². The van der Waals surface area contributed by atoms with Crippen molar-refractivity contribution in [2.24, 2.45) is 0 Å². The van der Waals surface area contributed by atoms with Crippen molar-refractivity contribution in [1.29, 1.82) is 0 Å². The monoisotopic (exact) mass is 294 g/mol. The molecule has 0 atom stereocenters. The van der Waals surface area contributed by atoms with Crippen molar-refractivity contribution < 1.29 is 5.11 Å². The van der Waals surface area contributed by atoms with Crippen LogP contribution in [0.1, 0.15) is 26.3 Å². The Bertz CT molecular complexity index is 436. The summed E-state index contributed by atoms with van der Waals surface area (Å²) in [7, 11) is -3.05. The van der Waals surface area contributed by atoms with Gasteiger partial charge in [-0.3, -0.25) is 0 Å². The second-order valence-electron chi connectivity index (χ2n) is 8.67. The van der Waals surface area contributed by atoms with Gasteiger partial charge in [-0.25, -0.2) is 0 Å². The van der Waals surface area contributed by atoms with E-state index in [1.54, 1.807) is 0 Å². The summed E-state index contributed by atoms with van der Waals surface area (Å²) in [5.74, 6) is 0.589. The molecule has 108 valence electrons. The molecule has 0 fully saturated rings. The summed E-state index contributed by atoms with van der Waals surface area (Å²) in [6.07, 6.45) is 0. The van der Waals surface area contributed by atoms with Crippen LogP contribution in [0.4, 0.5) is 0 Å². The number of rotatable bonds is 2. The van der Waals surface area contributed by atoms with E-state index in [1.165, 1.54) is 15.9 Å². The molecule has 1 rings (SSSR count). The van der Waals surface area contributed by atoms with Crippen molar-refractivity contribution in [3.8, 4) is 5.75 Å². The quantitative estimate of drug-likeness (QED) is 0.823. The number of phenolic OH excluding ortho intramolecular Hbond substituents is 1. The summed E-state index contributed by atoms with van der Waals surface area (Å²) in [5, 5.41) is 13.2. The molecule has 0 amide bonds. The van der Waals surface area contributed by atoms with Crippen LogP contribution in [0.3, 0.4) is 0 Å². The van der Waals surface area contributed by atoms with E-state index in [0.717, 1.165) is 0 Å². The van der Waals surface area contributed by atoms with Gasteiger partial charge in [0.1, 0.15) is 5.75 Å². The minimum atomic E-state index is -1.53. The number of hydrogen-bond donors (Lipinski definition) is 1. The Morgan fingerprint density at radius 1 is 0.789 bits per heavy atom. The molecule has 0 saturated heterocycles. The lowest BCUT2D eigenvalue weighted by atomic mass is 9.87. The average Bonchev–Trinajstić information content (AvgIpc) is 2.11. The molecular weight excluding hydrogens is 264 g/mol. The van der Waals surface area contributed by atoms with Crippen LogP contribution in [-0.4, -0.2) is 21.3 Å². The highest BCUT2D eigenvalue weighted by molar-refractivity contribution is 6.92. The van der Waals surface area contributed by atoms with Gasteiger partial charge in [0, 0.05) is 0 Å². The standard InChI is InChI=1S/C16H30OSi2/c1-16(2,3)12-10-13(18(4,5)6)15(17)14(11-12)19(7,8)9/h10-11,17H,1-9H3. The third-order valence-electron chi connectivity index (χ3n) is 3.59. The normalized spacial score (nSPS) is 13.7. The first-order valence-electron chi connectivity index (χ1n) is 7.13. The fourth-order valence-corrected chi connectivity index (χ4v) is 5.20. The minimum absolute atomic E-state index is 0.135. The third kappa shape index (κ3) is 3.72. The highest BCUT2D eigenvalue weighted by Gasteiger charge is 2.30. The Morgan fingerprint density at radius 3 is 1.32 bits per heavy atom. The summed E-state index contributed by atoms with van der Waals surface area (Å²) in [6, 6.07) is 4.51. The van der Waals surface area contributed by atoms with Gasteiger partial charge in [-0.15, -0.1) is 0 Å². The van der Waals surface area contributed by atoms with Gasteiger partial charge in [-0.2, -0.15) is 0 Å². The van der Waals surface area contributed by atoms with Gasteiger partial charge < -0.3 is 5.11 Å². The molecule has 0 aliphatic rings. The first-order valence-corrected chi connectivity index (χ1v) is 14.1. The van der Waals surface area contributed by atoms with E-state index in [0.29, 0.717) is 5.75 Å². The zero-order valence-corrected chi connectivity index (χ0v) is 16.1. The van der Waals surface area contributed by atoms with E-state index >= 15 is 0 Å². The van der Waals surface area contributed by atoms with Crippen molar-refractivity contribution in [3.63, 3.8) is 0 Å².